The molecular weight excluding hydrogens is 338 g/mol. The Morgan fingerprint density at radius 3 is 2.41 bits per heavy atom. The van der Waals surface area contributed by atoms with E-state index in [4.69, 9.17) is 4.74 Å². The van der Waals surface area contributed by atoms with Crippen LogP contribution in [-0.4, -0.2) is 50.1 Å². The Bertz CT molecular complexity index is 752. The van der Waals surface area contributed by atoms with Crippen LogP contribution in [0.15, 0.2) is 48.5 Å². The van der Waals surface area contributed by atoms with Gasteiger partial charge in [-0.05, 0) is 56.3 Å². The fourth-order valence-electron chi connectivity index (χ4n) is 3.22. The molecule has 1 atom stereocenters. The first-order chi connectivity index (χ1) is 13.1. The molecule has 1 saturated heterocycles. The fourth-order valence-corrected chi connectivity index (χ4v) is 3.22. The van der Waals surface area contributed by atoms with Gasteiger partial charge >= 0.3 is 0 Å². The quantitative estimate of drug-likeness (QED) is 0.850. The van der Waals surface area contributed by atoms with Crippen LogP contribution in [0.5, 0.6) is 5.75 Å². The van der Waals surface area contributed by atoms with E-state index in [1.807, 2.05) is 36.4 Å². The van der Waals surface area contributed by atoms with Crippen molar-refractivity contribution >= 4 is 17.3 Å². The lowest BCUT2D eigenvalue weighted by molar-refractivity contribution is -0.122. The van der Waals surface area contributed by atoms with Gasteiger partial charge in [0.15, 0.2) is 6.10 Å². The van der Waals surface area contributed by atoms with E-state index in [1.54, 1.807) is 6.92 Å². The third-order valence-corrected chi connectivity index (χ3v) is 5.03. The van der Waals surface area contributed by atoms with E-state index >= 15 is 0 Å². The van der Waals surface area contributed by atoms with Crippen LogP contribution >= 0.6 is 0 Å². The molecule has 1 N–H and O–H groups in total. The Morgan fingerprint density at radius 2 is 1.74 bits per heavy atom. The van der Waals surface area contributed by atoms with Crippen LogP contribution in [-0.2, 0) is 11.2 Å². The predicted octanol–water partition coefficient (Wildman–Crippen LogP) is 3.41. The third-order valence-electron chi connectivity index (χ3n) is 5.03. The molecule has 2 aromatic carbocycles. The van der Waals surface area contributed by atoms with Gasteiger partial charge in [-0.1, -0.05) is 25.1 Å². The molecule has 0 radical (unpaired) electrons. The van der Waals surface area contributed by atoms with Crippen LogP contribution in [0, 0.1) is 0 Å². The molecule has 0 unspecified atom stereocenters. The molecule has 0 aromatic heterocycles. The minimum absolute atomic E-state index is 0.145. The Labute approximate surface area is 161 Å². The van der Waals surface area contributed by atoms with Gasteiger partial charge in [0.05, 0.1) is 0 Å². The van der Waals surface area contributed by atoms with Crippen LogP contribution in [0.1, 0.15) is 19.4 Å². The molecule has 3 rings (SSSR count). The normalized spacial score (nSPS) is 16.0. The van der Waals surface area contributed by atoms with Crippen molar-refractivity contribution in [1.29, 1.82) is 0 Å². The summed E-state index contributed by atoms with van der Waals surface area (Å²) in [7, 11) is 2.15. The molecule has 0 saturated carbocycles. The summed E-state index contributed by atoms with van der Waals surface area (Å²) >= 11 is 0. The van der Waals surface area contributed by atoms with Crippen LogP contribution in [0.3, 0.4) is 0 Å². The molecule has 27 heavy (non-hydrogen) atoms. The van der Waals surface area contributed by atoms with Gasteiger partial charge in [-0.25, -0.2) is 0 Å². The Balaban J connectivity index is 1.57. The van der Waals surface area contributed by atoms with Crippen molar-refractivity contribution in [3.63, 3.8) is 0 Å². The zero-order valence-corrected chi connectivity index (χ0v) is 16.4. The maximum absolute atomic E-state index is 12.5. The molecule has 1 heterocycles. The fraction of sp³-hybridized carbons (Fsp3) is 0.409. The minimum Gasteiger partial charge on any atom is -0.481 e. The summed E-state index contributed by atoms with van der Waals surface area (Å²) in [4.78, 5) is 17.2. The zero-order chi connectivity index (χ0) is 19.2. The smallest absolute Gasteiger partial charge is 0.265 e. The lowest BCUT2D eigenvalue weighted by Crippen LogP contribution is -2.44. The number of amides is 1. The zero-order valence-electron chi connectivity index (χ0n) is 16.4. The second kappa shape index (κ2) is 8.91. The van der Waals surface area contributed by atoms with E-state index < -0.39 is 6.10 Å². The number of rotatable bonds is 6. The maximum atomic E-state index is 12.5. The number of piperazine rings is 1. The molecule has 0 aliphatic carbocycles. The number of anilines is 2. The van der Waals surface area contributed by atoms with Gasteiger partial charge in [-0.15, -0.1) is 0 Å². The summed E-state index contributed by atoms with van der Waals surface area (Å²) in [6.07, 6.45) is 0.313. The lowest BCUT2D eigenvalue weighted by atomic mass is 10.1. The molecule has 0 bridgehead atoms. The lowest BCUT2D eigenvalue weighted by Gasteiger charge is -2.34. The number of carbonyl (C=O) groups is 1. The van der Waals surface area contributed by atoms with Crippen LogP contribution < -0.4 is 15.0 Å². The first-order valence-electron chi connectivity index (χ1n) is 9.66. The topological polar surface area (TPSA) is 44.8 Å². The number of hydrogen-bond donors (Lipinski definition) is 1. The van der Waals surface area contributed by atoms with Gasteiger partial charge in [-0.3, -0.25) is 4.79 Å². The third kappa shape index (κ3) is 5.01. The van der Waals surface area contributed by atoms with Crippen LogP contribution in [0.4, 0.5) is 11.4 Å². The summed E-state index contributed by atoms with van der Waals surface area (Å²) in [5.41, 5.74) is 3.09. The average Bonchev–Trinajstić information content (AvgIpc) is 2.69. The van der Waals surface area contributed by atoms with Gasteiger partial charge in [0, 0.05) is 37.6 Å². The summed E-state index contributed by atoms with van der Waals surface area (Å²) < 4.78 is 5.87. The van der Waals surface area contributed by atoms with Crippen molar-refractivity contribution in [2.45, 2.75) is 26.4 Å². The number of carbonyl (C=O) groups excluding carboxylic acids is 1. The molecule has 0 spiro atoms. The highest BCUT2D eigenvalue weighted by atomic mass is 16.5. The van der Waals surface area contributed by atoms with Crippen molar-refractivity contribution in [2.75, 3.05) is 43.4 Å². The highest BCUT2D eigenvalue weighted by Gasteiger charge is 2.17. The molecule has 5 nitrogen and oxygen atoms in total. The van der Waals surface area contributed by atoms with E-state index in [9.17, 15) is 4.79 Å². The number of hydrogen-bond acceptors (Lipinski definition) is 4. The first-order valence-corrected chi connectivity index (χ1v) is 9.66. The molecule has 1 aliphatic rings. The molecule has 2 aromatic rings. The van der Waals surface area contributed by atoms with Crippen LogP contribution in [0.25, 0.3) is 0 Å². The number of nitrogens with zero attached hydrogens (tertiary/aromatic N) is 2. The van der Waals surface area contributed by atoms with E-state index in [-0.39, 0.29) is 5.91 Å². The second-order valence-corrected chi connectivity index (χ2v) is 7.05. The van der Waals surface area contributed by atoms with Crippen molar-refractivity contribution in [1.82, 2.24) is 4.90 Å². The minimum atomic E-state index is -0.560. The van der Waals surface area contributed by atoms with Crippen molar-refractivity contribution < 1.29 is 9.53 Å². The summed E-state index contributed by atoms with van der Waals surface area (Å²) in [6.45, 7) is 8.07. The maximum Gasteiger partial charge on any atom is 0.265 e. The van der Waals surface area contributed by atoms with Gasteiger partial charge in [0.25, 0.3) is 5.91 Å². The van der Waals surface area contributed by atoms with Gasteiger partial charge in [0.2, 0.25) is 0 Å². The molecule has 1 amide bonds. The van der Waals surface area contributed by atoms with Gasteiger partial charge in [0.1, 0.15) is 5.75 Å². The molecular formula is C22H29N3O2. The van der Waals surface area contributed by atoms with E-state index in [0.29, 0.717) is 0 Å². The predicted molar refractivity (Wildman–Crippen MR) is 111 cm³/mol. The number of ether oxygens (including phenoxy) is 1. The van der Waals surface area contributed by atoms with Crippen molar-refractivity contribution in [3.05, 3.63) is 54.1 Å². The van der Waals surface area contributed by atoms with E-state index in [2.05, 4.69) is 41.2 Å². The summed E-state index contributed by atoms with van der Waals surface area (Å²) in [6, 6.07) is 15.9. The Kier molecular flexibility index (Phi) is 6.35. The average molecular weight is 367 g/mol. The standard InChI is InChI=1S/C22H29N3O2/c1-4-18-7-5-6-8-21(18)27-17(2)22(26)23-19-9-11-20(12-10-19)25-15-13-24(3)14-16-25/h5-12,17H,4,13-16H2,1-3H3,(H,23,26)/t17-/m1/s1. The largest absolute Gasteiger partial charge is 0.481 e. The van der Waals surface area contributed by atoms with E-state index in [1.165, 1.54) is 5.69 Å². The summed E-state index contributed by atoms with van der Waals surface area (Å²) in [5, 5.41) is 2.95. The molecule has 1 fully saturated rings. The number of likely N-dealkylation sites (N-methyl/N-ethyl adjacent to an activating group) is 1. The van der Waals surface area contributed by atoms with Crippen molar-refractivity contribution in [3.8, 4) is 5.75 Å². The number of nitrogens with one attached hydrogen (secondary N) is 1. The van der Waals surface area contributed by atoms with Crippen molar-refractivity contribution in [2.24, 2.45) is 0 Å². The number of aryl methyl sites for hydroxylation is 1. The monoisotopic (exact) mass is 367 g/mol. The SMILES string of the molecule is CCc1ccccc1O[C@H](C)C(=O)Nc1ccc(N2CCN(C)CC2)cc1. The Hall–Kier alpha value is -2.53. The van der Waals surface area contributed by atoms with E-state index in [0.717, 1.165) is 49.6 Å². The van der Waals surface area contributed by atoms with Gasteiger partial charge < -0.3 is 19.9 Å². The molecule has 1 aliphatic heterocycles. The number of benzene rings is 2. The summed E-state index contributed by atoms with van der Waals surface area (Å²) in [5.74, 6) is 0.626. The number of para-hydroxylation sites is 1. The second-order valence-electron chi connectivity index (χ2n) is 7.05. The first kappa shape index (κ1) is 19.2. The Morgan fingerprint density at radius 1 is 1.07 bits per heavy atom. The van der Waals surface area contributed by atoms with Crippen LogP contribution in [0.2, 0.25) is 0 Å². The molecule has 144 valence electrons. The van der Waals surface area contributed by atoms with Gasteiger partial charge in [-0.2, -0.15) is 0 Å². The highest BCUT2D eigenvalue weighted by molar-refractivity contribution is 5.94. The highest BCUT2D eigenvalue weighted by Crippen LogP contribution is 2.22. The molecule has 5 heteroatoms.